The van der Waals surface area contributed by atoms with Gasteiger partial charge in [0, 0.05) is 47.1 Å². The van der Waals surface area contributed by atoms with Crippen molar-refractivity contribution in [2.75, 3.05) is 11.1 Å². The Kier molecular flexibility index (Phi) is 4.80. The maximum Gasteiger partial charge on any atom is 0.442 e. The second kappa shape index (κ2) is 7.55. The number of amides is 1. The average molecular weight is 381 g/mol. The first kappa shape index (κ1) is 17.2. The van der Waals surface area contributed by atoms with Gasteiger partial charge < -0.3 is 10.3 Å². The number of para-hydroxylation sites is 1. The Labute approximate surface area is 158 Å². The minimum absolute atomic E-state index is 0.108. The number of thioether (sulfide) groups is 1. The molecule has 136 valence electrons. The normalized spacial score (nSPS) is 11.0. The minimum atomic E-state index is -0.456. The van der Waals surface area contributed by atoms with Gasteiger partial charge in [-0.1, -0.05) is 18.2 Å². The number of aromatic nitrogens is 3. The SMILES string of the molecule is O=C(CCSc1c(=O)o[nH][n+]1-c1ccccc1)Nc1ccc2[nH]ccc2c1. The number of benzene rings is 2. The number of hydrogen-bond donors (Lipinski definition) is 3. The fourth-order valence-corrected chi connectivity index (χ4v) is 3.64. The summed E-state index contributed by atoms with van der Waals surface area (Å²) in [7, 11) is 0. The van der Waals surface area contributed by atoms with E-state index >= 15 is 0 Å². The Balaban J connectivity index is 1.38. The number of nitrogens with one attached hydrogen (secondary N) is 3. The zero-order valence-electron chi connectivity index (χ0n) is 14.3. The Morgan fingerprint density at radius 1 is 1.15 bits per heavy atom. The van der Waals surface area contributed by atoms with Gasteiger partial charge in [-0.05, 0) is 46.0 Å². The highest BCUT2D eigenvalue weighted by Gasteiger charge is 2.23. The van der Waals surface area contributed by atoms with E-state index < -0.39 is 5.63 Å². The minimum Gasteiger partial charge on any atom is -0.361 e. The topological polar surface area (TPSA) is 94.8 Å². The highest BCUT2D eigenvalue weighted by molar-refractivity contribution is 7.99. The van der Waals surface area contributed by atoms with E-state index in [4.69, 9.17) is 4.52 Å². The van der Waals surface area contributed by atoms with Gasteiger partial charge >= 0.3 is 10.7 Å². The molecule has 0 aliphatic rings. The zero-order chi connectivity index (χ0) is 18.6. The number of carbonyl (C=O) groups is 1. The third-order valence-electron chi connectivity index (χ3n) is 4.03. The maximum atomic E-state index is 12.2. The fraction of sp³-hybridized carbons (Fsp3) is 0.105. The van der Waals surface area contributed by atoms with Crippen LogP contribution in [-0.4, -0.2) is 21.9 Å². The summed E-state index contributed by atoms with van der Waals surface area (Å²) in [5.41, 5.74) is 2.10. The molecule has 0 aliphatic carbocycles. The fourth-order valence-electron chi connectivity index (χ4n) is 2.73. The molecule has 2 aromatic carbocycles. The third-order valence-corrected chi connectivity index (χ3v) is 5.06. The number of rotatable bonds is 6. The van der Waals surface area contributed by atoms with E-state index in [2.05, 4.69) is 15.6 Å². The van der Waals surface area contributed by atoms with Crippen LogP contribution in [0.25, 0.3) is 16.6 Å². The van der Waals surface area contributed by atoms with Crippen LogP contribution in [0.3, 0.4) is 0 Å². The Bertz CT molecular complexity index is 1130. The van der Waals surface area contributed by atoms with Crippen LogP contribution in [0.4, 0.5) is 5.69 Å². The second-order valence-electron chi connectivity index (χ2n) is 5.88. The second-order valence-corrected chi connectivity index (χ2v) is 6.97. The van der Waals surface area contributed by atoms with Crippen molar-refractivity contribution in [3.63, 3.8) is 0 Å². The van der Waals surface area contributed by atoms with Crippen molar-refractivity contribution in [1.29, 1.82) is 0 Å². The van der Waals surface area contributed by atoms with Gasteiger partial charge in [-0.3, -0.25) is 9.32 Å². The number of nitrogens with zero attached hydrogens (tertiary/aromatic N) is 1. The van der Waals surface area contributed by atoms with Crippen molar-refractivity contribution in [3.05, 3.63) is 71.2 Å². The molecule has 0 saturated heterocycles. The van der Waals surface area contributed by atoms with Gasteiger partial charge in [0.1, 0.15) is 0 Å². The van der Waals surface area contributed by atoms with Gasteiger partial charge in [-0.15, -0.1) is 0 Å². The molecule has 3 N–H and O–H groups in total. The maximum absolute atomic E-state index is 12.2. The summed E-state index contributed by atoms with van der Waals surface area (Å²) in [6.07, 6.45) is 2.13. The van der Waals surface area contributed by atoms with E-state index in [9.17, 15) is 9.59 Å². The number of aromatic amines is 2. The Hall–Kier alpha value is -3.26. The molecule has 0 aliphatic heterocycles. The van der Waals surface area contributed by atoms with Gasteiger partial charge in [0.25, 0.3) is 0 Å². The highest BCUT2D eigenvalue weighted by Crippen LogP contribution is 2.18. The lowest BCUT2D eigenvalue weighted by atomic mass is 10.2. The standard InChI is InChI=1S/C19H16N4O3S/c24-17(21-14-6-7-16-13(12-14)8-10-20-16)9-11-27-18-19(25)26-22-23(18)15-4-2-1-3-5-15/h1-8,10,12,22,25H,9,11H2/p+1. The molecule has 1 amide bonds. The lowest BCUT2D eigenvalue weighted by Crippen LogP contribution is -2.36. The largest absolute Gasteiger partial charge is 0.442 e. The molecule has 0 unspecified atom stereocenters. The van der Waals surface area contributed by atoms with Crippen LogP contribution in [0.2, 0.25) is 0 Å². The molecule has 7 nitrogen and oxygen atoms in total. The summed E-state index contributed by atoms with van der Waals surface area (Å²) in [5.74, 6) is 0.344. The van der Waals surface area contributed by atoms with E-state index in [-0.39, 0.29) is 12.3 Å². The molecular formula is C19H17N4O3S+. The molecule has 27 heavy (non-hydrogen) atoms. The quantitative estimate of drug-likeness (QED) is 0.354. The number of fused-ring (bicyclic) bond motifs is 1. The van der Waals surface area contributed by atoms with Crippen molar-refractivity contribution in [2.45, 2.75) is 11.4 Å². The molecule has 0 bridgehead atoms. The lowest BCUT2D eigenvalue weighted by Gasteiger charge is -2.04. The smallest absolute Gasteiger partial charge is 0.361 e. The first-order valence-corrected chi connectivity index (χ1v) is 9.38. The molecule has 0 saturated carbocycles. The van der Waals surface area contributed by atoms with E-state index in [1.54, 1.807) is 4.68 Å². The summed E-state index contributed by atoms with van der Waals surface area (Å²) in [5, 5.41) is 6.91. The molecular weight excluding hydrogens is 364 g/mol. The highest BCUT2D eigenvalue weighted by atomic mass is 32.2. The van der Waals surface area contributed by atoms with Gasteiger partial charge in [0.05, 0.1) is 0 Å². The summed E-state index contributed by atoms with van der Waals surface area (Å²) < 4.78 is 6.47. The van der Waals surface area contributed by atoms with Crippen LogP contribution >= 0.6 is 11.8 Å². The van der Waals surface area contributed by atoms with Crippen LogP contribution in [0, 0.1) is 0 Å². The van der Waals surface area contributed by atoms with Crippen LogP contribution in [0.15, 0.2) is 75.1 Å². The predicted octanol–water partition coefficient (Wildman–Crippen LogP) is 2.85. The predicted molar refractivity (Wildman–Crippen MR) is 103 cm³/mol. The molecule has 0 spiro atoms. The zero-order valence-corrected chi connectivity index (χ0v) is 15.1. The van der Waals surface area contributed by atoms with Crippen molar-refractivity contribution in [1.82, 2.24) is 10.3 Å². The number of hydrogen-bond acceptors (Lipinski definition) is 4. The molecule has 4 rings (SSSR count). The van der Waals surface area contributed by atoms with Crippen LogP contribution < -0.4 is 15.6 Å². The number of carbonyl (C=O) groups excluding carboxylic acids is 1. The first-order chi connectivity index (χ1) is 13.2. The van der Waals surface area contributed by atoms with E-state index in [1.807, 2.05) is 60.8 Å². The van der Waals surface area contributed by atoms with Gasteiger partial charge in [0.2, 0.25) is 11.6 Å². The Morgan fingerprint density at radius 2 is 2.00 bits per heavy atom. The molecule has 4 aromatic rings. The number of anilines is 1. The molecule has 0 atom stereocenters. The lowest BCUT2D eigenvalue weighted by molar-refractivity contribution is -0.704. The number of H-pyrrole nitrogens is 2. The van der Waals surface area contributed by atoms with E-state index in [0.29, 0.717) is 10.8 Å². The van der Waals surface area contributed by atoms with Crippen molar-refractivity contribution < 1.29 is 14.0 Å². The monoisotopic (exact) mass is 381 g/mol. The van der Waals surface area contributed by atoms with Crippen molar-refractivity contribution in [3.8, 4) is 5.69 Å². The molecule has 2 heterocycles. The van der Waals surface area contributed by atoms with Crippen LogP contribution in [0.5, 0.6) is 0 Å². The average Bonchev–Trinajstić information content (AvgIpc) is 3.29. The summed E-state index contributed by atoms with van der Waals surface area (Å²) in [6, 6.07) is 17.0. The molecule has 0 radical (unpaired) electrons. The van der Waals surface area contributed by atoms with E-state index in [1.165, 1.54) is 11.8 Å². The van der Waals surface area contributed by atoms with Gasteiger partial charge in [-0.25, -0.2) is 4.79 Å². The summed E-state index contributed by atoms with van der Waals surface area (Å²) in [6.45, 7) is 0. The molecule has 0 fully saturated rings. The summed E-state index contributed by atoms with van der Waals surface area (Å²) in [4.78, 5) is 27.3. The molecule has 2 aromatic heterocycles. The molecule has 8 heteroatoms. The first-order valence-electron chi connectivity index (χ1n) is 8.39. The third kappa shape index (κ3) is 3.80. The van der Waals surface area contributed by atoms with Crippen molar-refractivity contribution in [2.24, 2.45) is 0 Å². The van der Waals surface area contributed by atoms with E-state index in [0.717, 1.165) is 22.3 Å². The van der Waals surface area contributed by atoms with Gasteiger partial charge in [-0.2, -0.15) is 0 Å². The van der Waals surface area contributed by atoms with Crippen LogP contribution in [-0.2, 0) is 4.79 Å². The van der Waals surface area contributed by atoms with Crippen molar-refractivity contribution >= 4 is 34.3 Å². The van der Waals surface area contributed by atoms with Crippen LogP contribution in [0.1, 0.15) is 6.42 Å². The Morgan fingerprint density at radius 3 is 2.85 bits per heavy atom. The van der Waals surface area contributed by atoms with Gasteiger partial charge in [0.15, 0.2) is 0 Å². The summed E-state index contributed by atoms with van der Waals surface area (Å²) >= 11 is 1.28.